The number of amides is 6. The summed E-state index contributed by atoms with van der Waals surface area (Å²) in [5.41, 5.74) is 4.48. The molecule has 6 atom stereocenters. The van der Waals surface area contributed by atoms with Crippen LogP contribution in [0.5, 0.6) is 11.5 Å². The second-order valence-electron chi connectivity index (χ2n) is 21.3. The zero-order chi connectivity index (χ0) is 63.1. The fourth-order valence-corrected chi connectivity index (χ4v) is 12.3. The average Bonchev–Trinajstić information content (AvgIpc) is 1.88. The lowest BCUT2D eigenvalue weighted by Crippen LogP contribution is -2.51. The summed E-state index contributed by atoms with van der Waals surface area (Å²) in [6.07, 6.45) is 7.23. The van der Waals surface area contributed by atoms with Crippen molar-refractivity contribution < 1.29 is 38.2 Å². The van der Waals surface area contributed by atoms with Crippen molar-refractivity contribution >= 4 is 68.1 Å². The molecule has 0 bridgehead atoms. The molecule has 2 saturated heterocycles. The number of ether oxygens (including phenoxy) is 2. The van der Waals surface area contributed by atoms with Crippen LogP contribution in [-0.4, -0.2) is 134 Å². The van der Waals surface area contributed by atoms with Gasteiger partial charge in [-0.25, -0.2) is 15.0 Å². The van der Waals surface area contributed by atoms with Crippen molar-refractivity contribution in [1.82, 2.24) is 55.6 Å². The van der Waals surface area contributed by atoms with Gasteiger partial charge in [-0.1, -0.05) is 114 Å². The quantitative estimate of drug-likeness (QED) is 0.0357. The maximum atomic E-state index is 14.6. The Kier molecular flexibility index (Phi) is 20.8. The zero-order valence-corrected chi connectivity index (χ0v) is 51.8. The van der Waals surface area contributed by atoms with E-state index < -0.39 is 59.9 Å². The highest BCUT2D eigenvalue weighted by atomic mass is 32.1. The predicted octanol–water partition coefficient (Wildman–Crippen LogP) is 7.65. The van der Waals surface area contributed by atoms with E-state index in [-0.39, 0.29) is 25.0 Å². The molecule has 21 nitrogen and oxygen atoms in total. The zero-order valence-electron chi connectivity index (χ0n) is 50.2. The van der Waals surface area contributed by atoms with Crippen molar-refractivity contribution in [3.8, 4) is 79.2 Å². The summed E-state index contributed by atoms with van der Waals surface area (Å²) in [7, 11) is 5.18. The molecule has 6 heterocycles. The normalized spacial score (nSPS) is 15.6. The Balaban J connectivity index is 0.744. The molecule has 10 rings (SSSR count). The molecule has 0 spiro atoms. The minimum absolute atomic E-state index is 0.00406. The summed E-state index contributed by atoms with van der Waals surface area (Å²) < 4.78 is 13.6. The Labute approximate surface area is 529 Å². The topological polar surface area (TPSA) is 256 Å². The van der Waals surface area contributed by atoms with Gasteiger partial charge in [0.15, 0.2) is 10.8 Å². The SMILES string of the molecule is CN[C@@H](C)C(=O)N[C@H](C(=O)N1CCC[C@H]1C(=O)Nc1sc(-c2ccccn2)nc1-c1ccccc1)c1ccc(OCC#CC#CCOc2ccc([C@H](NC(=O)[C@H](C)NC)C(=O)N3CCC[C@H]3C(=O)Nc3sc(-c4nccn4C)nc3-c3ccccc3)cc2)cc1. The van der Waals surface area contributed by atoms with Crippen LogP contribution in [0.15, 0.2) is 146 Å². The number of pyridine rings is 1. The van der Waals surface area contributed by atoms with Crippen LogP contribution in [0.4, 0.5) is 10.0 Å². The molecule has 460 valence electrons. The smallest absolute Gasteiger partial charge is 0.250 e. The standard InChI is InChI=1S/C67H67N13O8S2/c1-42(68-3)58(81)72-55(66(85)79-37-18-25-51(79)60(83)76-63-53(44-20-10-8-11-21-44)74-62(89-63)50-24-14-15-35-70-50)46-27-31-48(32-28-46)87-40-16-6-7-17-41-88-49-33-29-47(30-34-49)56(73-59(82)43(2)69-4)67(86)80-38-19-26-52(80)61(84)77-64-54(45-22-12-9-13-23-45)75-65(90-64)57-71-36-39-78(57)5/h8-15,20-24,27-36,39,42-43,51-52,55-56,68-69H,18-19,25-26,37-38,40-41H2,1-5H3,(H,72,81)(H,73,82)(H,76,83)(H,77,84)/t42-,43-,51-,52-,55-,56-/m0/s1. The summed E-state index contributed by atoms with van der Waals surface area (Å²) in [6, 6.07) is 33.1. The summed E-state index contributed by atoms with van der Waals surface area (Å²) in [6.45, 7) is 4.01. The molecule has 0 unspecified atom stereocenters. The van der Waals surface area contributed by atoms with Gasteiger partial charge in [0.05, 0.1) is 17.8 Å². The first-order chi connectivity index (χ1) is 43.8. The number of aryl methyl sites for hydroxylation is 1. The Hall–Kier alpha value is -10.0. The highest BCUT2D eigenvalue weighted by molar-refractivity contribution is 7.20. The molecular formula is C67H67N13O8S2. The molecule has 23 heteroatoms. The largest absolute Gasteiger partial charge is 0.481 e. The number of imidazole rings is 1. The van der Waals surface area contributed by atoms with Crippen LogP contribution in [0.1, 0.15) is 62.7 Å². The number of carbonyl (C=O) groups excluding carboxylic acids is 6. The minimum atomic E-state index is -1.11. The lowest BCUT2D eigenvalue weighted by Gasteiger charge is -2.29. The van der Waals surface area contributed by atoms with Crippen molar-refractivity contribution in [3.63, 3.8) is 0 Å². The van der Waals surface area contributed by atoms with Gasteiger partial charge in [0.1, 0.15) is 75.3 Å². The van der Waals surface area contributed by atoms with E-state index in [2.05, 4.69) is 65.6 Å². The van der Waals surface area contributed by atoms with E-state index >= 15 is 0 Å². The number of thiazole rings is 2. The van der Waals surface area contributed by atoms with E-state index in [4.69, 9.17) is 19.4 Å². The number of anilines is 2. The number of benzene rings is 4. The minimum Gasteiger partial charge on any atom is -0.481 e. The van der Waals surface area contributed by atoms with Gasteiger partial charge in [0.2, 0.25) is 35.4 Å². The van der Waals surface area contributed by atoms with Crippen molar-refractivity contribution in [1.29, 1.82) is 0 Å². The van der Waals surface area contributed by atoms with Gasteiger partial charge in [-0.3, -0.25) is 33.8 Å². The molecule has 2 aliphatic heterocycles. The molecular weight excluding hydrogens is 1180 g/mol. The summed E-state index contributed by atoms with van der Waals surface area (Å²) in [4.78, 5) is 106. The van der Waals surface area contributed by atoms with E-state index in [1.807, 2.05) is 96.7 Å². The Morgan fingerprint density at radius 1 is 0.578 bits per heavy atom. The van der Waals surface area contributed by atoms with Crippen molar-refractivity contribution in [2.75, 3.05) is 51.0 Å². The molecule has 6 amide bonds. The van der Waals surface area contributed by atoms with Crippen molar-refractivity contribution in [2.24, 2.45) is 7.05 Å². The molecule has 2 aliphatic rings. The third kappa shape index (κ3) is 15.1. The van der Waals surface area contributed by atoms with Crippen LogP contribution in [0.25, 0.3) is 44.0 Å². The Bertz CT molecular complexity index is 3970. The van der Waals surface area contributed by atoms with E-state index in [1.165, 1.54) is 32.5 Å². The summed E-state index contributed by atoms with van der Waals surface area (Å²) in [5, 5.41) is 20.2. The second kappa shape index (κ2) is 29.8. The van der Waals surface area contributed by atoms with Gasteiger partial charge in [-0.15, -0.1) is 0 Å². The van der Waals surface area contributed by atoms with Gasteiger partial charge in [-0.05, 0) is 125 Å². The average molecular weight is 1250 g/mol. The van der Waals surface area contributed by atoms with Crippen molar-refractivity contribution in [3.05, 3.63) is 157 Å². The molecule has 0 saturated carbocycles. The monoisotopic (exact) mass is 1250 g/mol. The highest BCUT2D eigenvalue weighted by Gasteiger charge is 2.41. The number of rotatable bonds is 22. The van der Waals surface area contributed by atoms with Crippen LogP contribution in [-0.2, 0) is 35.8 Å². The molecule has 6 N–H and O–H groups in total. The number of likely N-dealkylation sites (tertiary alicyclic amines) is 2. The second-order valence-corrected chi connectivity index (χ2v) is 23.3. The molecule has 2 fully saturated rings. The van der Waals surface area contributed by atoms with Gasteiger partial charge in [-0.2, -0.15) is 0 Å². The lowest BCUT2D eigenvalue weighted by atomic mass is 10.0. The van der Waals surface area contributed by atoms with E-state index in [1.54, 1.807) is 88.9 Å². The molecule has 0 aliphatic carbocycles. The Morgan fingerprint density at radius 2 is 1.03 bits per heavy atom. The highest BCUT2D eigenvalue weighted by Crippen LogP contribution is 2.40. The number of hydrogen-bond acceptors (Lipinski definition) is 16. The van der Waals surface area contributed by atoms with Crippen molar-refractivity contribution in [2.45, 2.75) is 75.8 Å². The van der Waals surface area contributed by atoms with Crippen LogP contribution in [0, 0.1) is 23.7 Å². The van der Waals surface area contributed by atoms with Gasteiger partial charge < -0.3 is 55.7 Å². The fourth-order valence-electron chi connectivity index (χ4n) is 10.3. The van der Waals surface area contributed by atoms with E-state index in [0.717, 1.165) is 11.1 Å². The van der Waals surface area contributed by atoms with Gasteiger partial charge in [0.25, 0.3) is 0 Å². The maximum absolute atomic E-state index is 14.6. The summed E-state index contributed by atoms with van der Waals surface area (Å²) in [5.74, 6) is 10.5. The fraction of sp³-hybridized carbons (Fsp3) is 0.284. The number of nitrogens with one attached hydrogen (secondary N) is 6. The van der Waals surface area contributed by atoms with Crippen LogP contribution in [0.3, 0.4) is 0 Å². The molecule has 4 aromatic carbocycles. The maximum Gasteiger partial charge on any atom is 0.250 e. The van der Waals surface area contributed by atoms with E-state index in [0.29, 0.717) is 104 Å². The van der Waals surface area contributed by atoms with Crippen LogP contribution < -0.4 is 41.4 Å². The predicted molar refractivity (Wildman–Crippen MR) is 345 cm³/mol. The third-order valence-corrected chi connectivity index (χ3v) is 17.4. The number of aromatic nitrogens is 5. The number of likely N-dealkylation sites (N-methyl/N-ethyl adjacent to an activating group) is 2. The first-order valence-electron chi connectivity index (χ1n) is 29.4. The lowest BCUT2D eigenvalue weighted by molar-refractivity contribution is -0.140. The summed E-state index contributed by atoms with van der Waals surface area (Å²) >= 11 is 2.61. The number of hydrogen-bond donors (Lipinski definition) is 6. The van der Waals surface area contributed by atoms with Gasteiger partial charge >= 0.3 is 0 Å². The third-order valence-electron chi connectivity index (χ3n) is 15.4. The number of nitrogens with zero attached hydrogens (tertiary/aromatic N) is 7. The molecule has 90 heavy (non-hydrogen) atoms. The molecule has 0 radical (unpaired) electrons. The van der Waals surface area contributed by atoms with E-state index in [9.17, 15) is 28.8 Å². The van der Waals surface area contributed by atoms with Gasteiger partial charge in [0, 0.05) is 49.9 Å². The first-order valence-corrected chi connectivity index (χ1v) is 31.0. The first kappa shape index (κ1) is 63.0. The van der Waals surface area contributed by atoms with Crippen LogP contribution >= 0.6 is 22.7 Å². The molecule has 4 aromatic heterocycles. The Morgan fingerprint density at radius 3 is 1.47 bits per heavy atom. The number of carbonyl (C=O) groups is 6. The molecule has 8 aromatic rings. The van der Waals surface area contributed by atoms with Crippen LogP contribution in [0.2, 0.25) is 0 Å².